The van der Waals surface area contributed by atoms with Crippen LogP contribution in [0.1, 0.15) is 13.8 Å². The van der Waals surface area contributed by atoms with E-state index in [-0.39, 0.29) is 18.0 Å². The van der Waals surface area contributed by atoms with E-state index in [4.69, 9.17) is 0 Å². The summed E-state index contributed by atoms with van der Waals surface area (Å²) in [6.07, 6.45) is 0. The van der Waals surface area contributed by atoms with Gasteiger partial charge in [0.2, 0.25) is 0 Å². The van der Waals surface area contributed by atoms with Gasteiger partial charge in [-0.05, 0) is 5.92 Å². The van der Waals surface area contributed by atoms with E-state index in [1.807, 2.05) is 13.8 Å². The fraction of sp³-hybridized carbons (Fsp3) is 0.750. The molecule has 1 aliphatic rings. The second kappa shape index (κ2) is 3.64. The van der Waals surface area contributed by atoms with E-state index < -0.39 is 12.0 Å². The van der Waals surface area contributed by atoms with Gasteiger partial charge >= 0.3 is 12.0 Å². The Morgan fingerprint density at radius 3 is 2.54 bits per heavy atom. The molecule has 0 bridgehead atoms. The number of hydrogen-bond donors (Lipinski definition) is 2. The first-order valence-electron chi connectivity index (χ1n) is 4.21. The van der Waals surface area contributed by atoms with Crippen molar-refractivity contribution in [3.05, 3.63) is 0 Å². The van der Waals surface area contributed by atoms with Crippen LogP contribution in [0, 0.1) is 5.92 Å². The van der Waals surface area contributed by atoms with Crippen molar-refractivity contribution in [3.63, 3.8) is 0 Å². The largest absolute Gasteiger partial charge is 0.467 e. The zero-order valence-corrected chi connectivity index (χ0v) is 7.96. The van der Waals surface area contributed by atoms with Crippen LogP contribution in [0.3, 0.4) is 0 Å². The number of amides is 2. The number of carbonyl (C=O) groups excluding carboxylic acids is 2. The van der Waals surface area contributed by atoms with Crippen LogP contribution in [0.2, 0.25) is 0 Å². The van der Waals surface area contributed by atoms with Crippen molar-refractivity contribution in [2.45, 2.75) is 25.9 Å². The third-order valence-electron chi connectivity index (χ3n) is 2.12. The van der Waals surface area contributed by atoms with Gasteiger partial charge in [-0.15, -0.1) is 0 Å². The molecular formula is C8H14N2O3. The highest BCUT2D eigenvalue weighted by Crippen LogP contribution is 2.12. The van der Waals surface area contributed by atoms with Crippen molar-refractivity contribution in [1.82, 2.24) is 10.6 Å². The first kappa shape index (κ1) is 9.83. The number of rotatable bonds is 2. The Labute approximate surface area is 76.8 Å². The lowest BCUT2D eigenvalue weighted by Gasteiger charge is -2.19. The minimum Gasteiger partial charge on any atom is -0.467 e. The van der Waals surface area contributed by atoms with Gasteiger partial charge < -0.3 is 15.4 Å². The van der Waals surface area contributed by atoms with Crippen molar-refractivity contribution in [2.75, 3.05) is 7.11 Å². The molecule has 1 saturated heterocycles. The Morgan fingerprint density at radius 2 is 2.08 bits per heavy atom. The molecule has 0 aromatic carbocycles. The number of ether oxygens (including phenoxy) is 1. The van der Waals surface area contributed by atoms with Crippen molar-refractivity contribution >= 4 is 12.0 Å². The molecule has 0 aromatic rings. The normalized spacial score (nSPS) is 26.9. The number of hydrogen-bond acceptors (Lipinski definition) is 3. The Balaban J connectivity index is 2.71. The smallest absolute Gasteiger partial charge is 0.330 e. The minimum atomic E-state index is -0.558. The zero-order chi connectivity index (χ0) is 10.0. The maximum absolute atomic E-state index is 11.2. The molecule has 1 fully saturated rings. The highest BCUT2D eigenvalue weighted by molar-refractivity contribution is 5.88. The van der Waals surface area contributed by atoms with Gasteiger partial charge in [0.15, 0.2) is 0 Å². The molecule has 13 heavy (non-hydrogen) atoms. The maximum Gasteiger partial charge on any atom is 0.330 e. The van der Waals surface area contributed by atoms with Crippen molar-refractivity contribution in [1.29, 1.82) is 0 Å². The van der Waals surface area contributed by atoms with Crippen molar-refractivity contribution in [2.24, 2.45) is 5.92 Å². The minimum absolute atomic E-state index is 0.181. The molecular weight excluding hydrogens is 172 g/mol. The van der Waals surface area contributed by atoms with Crippen LogP contribution < -0.4 is 10.6 Å². The van der Waals surface area contributed by atoms with Crippen LogP contribution in [-0.2, 0) is 9.53 Å². The molecule has 0 spiro atoms. The molecule has 5 nitrogen and oxygen atoms in total. The first-order chi connectivity index (χ1) is 6.06. The number of urea groups is 1. The summed E-state index contributed by atoms with van der Waals surface area (Å²) in [6, 6.07) is -1.05. The zero-order valence-electron chi connectivity index (χ0n) is 7.96. The van der Waals surface area contributed by atoms with Crippen molar-refractivity contribution < 1.29 is 14.3 Å². The number of nitrogens with one attached hydrogen (secondary N) is 2. The second-order valence-corrected chi connectivity index (χ2v) is 3.39. The molecule has 2 N–H and O–H groups in total. The van der Waals surface area contributed by atoms with Crippen molar-refractivity contribution in [3.8, 4) is 0 Å². The Morgan fingerprint density at radius 1 is 1.46 bits per heavy atom. The molecule has 0 radical (unpaired) electrons. The van der Waals surface area contributed by atoms with E-state index in [9.17, 15) is 9.59 Å². The topological polar surface area (TPSA) is 67.4 Å². The number of esters is 1. The van der Waals surface area contributed by atoms with Crippen LogP contribution in [0.4, 0.5) is 4.79 Å². The SMILES string of the molecule is COC(=O)C1NC(=O)NC1C(C)C. The van der Waals surface area contributed by atoms with Gasteiger partial charge in [0, 0.05) is 0 Å². The molecule has 1 aliphatic heterocycles. The number of methoxy groups -OCH3 is 1. The first-order valence-corrected chi connectivity index (χ1v) is 4.21. The summed E-state index contributed by atoms with van der Waals surface area (Å²) in [5.74, 6) is -0.208. The molecule has 0 aromatic heterocycles. The average molecular weight is 186 g/mol. The van der Waals surface area contributed by atoms with Crippen LogP contribution in [0.15, 0.2) is 0 Å². The predicted octanol–water partition coefficient (Wildman–Crippen LogP) is -0.135. The molecule has 2 atom stereocenters. The van der Waals surface area contributed by atoms with Gasteiger partial charge in [0.25, 0.3) is 0 Å². The Hall–Kier alpha value is -1.26. The van der Waals surface area contributed by atoms with Gasteiger partial charge in [-0.2, -0.15) is 0 Å². The summed E-state index contributed by atoms with van der Waals surface area (Å²) in [5, 5.41) is 5.18. The summed E-state index contributed by atoms with van der Waals surface area (Å²) in [7, 11) is 1.31. The molecule has 2 unspecified atom stereocenters. The van der Waals surface area contributed by atoms with E-state index >= 15 is 0 Å². The van der Waals surface area contributed by atoms with Gasteiger partial charge in [-0.1, -0.05) is 13.8 Å². The Kier molecular flexibility index (Phi) is 2.75. The summed E-state index contributed by atoms with van der Waals surface area (Å²) in [4.78, 5) is 22.2. The summed E-state index contributed by atoms with van der Waals surface area (Å²) >= 11 is 0. The van der Waals surface area contributed by atoms with Crippen LogP contribution in [0.5, 0.6) is 0 Å². The highest BCUT2D eigenvalue weighted by atomic mass is 16.5. The molecule has 1 rings (SSSR count). The fourth-order valence-electron chi connectivity index (χ4n) is 1.39. The van der Waals surface area contributed by atoms with Gasteiger partial charge in [0.1, 0.15) is 6.04 Å². The molecule has 1 heterocycles. The predicted molar refractivity (Wildman–Crippen MR) is 46.1 cm³/mol. The molecule has 5 heteroatoms. The van der Waals surface area contributed by atoms with Crippen LogP contribution >= 0.6 is 0 Å². The van der Waals surface area contributed by atoms with E-state index in [0.29, 0.717) is 0 Å². The summed E-state index contributed by atoms with van der Waals surface area (Å²) < 4.78 is 4.57. The molecule has 74 valence electrons. The van der Waals surface area contributed by atoms with E-state index in [1.165, 1.54) is 7.11 Å². The molecule has 0 saturated carbocycles. The lowest BCUT2D eigenvalue weighted by atomic mass is 9.98. The van der Waals surface area contributed by atoms with Gasteiger partial charge in [-0.25, -0.2) is 9.59 Å². The van der Waals surface area contributed by atoms with Gasteiger partial charge in [-0.3, -0.25) is 0 Å². The molecule has 2 amide bonds. The lowest BCUT2D eigenvalue weighted by Crippen LogP contribution is -2.44. The van der Waals surface area contributed by atoms with E-state index in [0.717, 1.165) is 0 Å². The molecule has 0 aliphatic carbocycles. The fourth-order valence-corrected chi connectivity index (χ4v) is 1.39. The van der Waals surface area contributed by atoms with E-state index in [1.54, 1.807) is 0 Å². The highest BCUT2D eigenvalue weighted by Gasteiger charge is 2.39. The van der Waals surface area contributed by atoms with Crippen LogP contribution in [-0.4, -0.2) is 31.2 Å². The standard InChI is InChI=1S/C8H14N2O3/c1-4(2)5-6(7(11)13-3)10-8(12)9-5/h4-6H,1-3H3,(H2,9,10,12). The summed E-state index contributed by atoms with van der Waals surface area (Å²) in [5.41, 5.74) is 0. The lowest BCUT2D eigenvalue weighted by molar-refractivity contribution is -0.143. The third-order valence-corrected chi connectivity index (χ3v) is 2.12. The average Bonchev–Trinajstić information content (AvgIpc) is 2.46. The quantitative estimate of drug-likeness (QED) is 0.590. The van der Waals surface area contributed by atoms with Crippen LogP contribution in [0.25, 0.3) is 0 Å². The number of carbonyl (C=O) groups is 2. The van der Waals surface area contributed by atoms with E-state index in [2.05, 4.69) is 15.4 Å². The maximum atomic E-state index is 11.2. The van der Waals surface area contributed by atoms with Gasteiger partial charge in [0.05, 0.1) is 13.2 Å². The monoisotopic (exact) mass is 186 g/mol. The Bertz CT molecular complexity index is 227. The third kappa shape index (κ3) is 1.91. The summed E-state index contributed by atoms with van der Waals surface area (Å²) in [6.45, 7) is 3.88. The second-order valence-electron chi connectivity index (χ2n) is 3.39.